The highest BCUT2D eigenvalue weighted by molar-refractivity contribution is 5.92. The van der Waals surface area contributed by atoms with Crippen LogP contribution in [-0.2, 0) is 0 Å². The van der Waals surface area contributed by atoms with Crippen molar-refractivity contribution >= 4 is 30.0 Å². The van der Waals surface area contributed by atoms with Crippen molar-refractivity contribution in [2.24, 2.45) is 0 Å². The van der Waals surface area contributed by atoms with Crippen LogP contribution in [0, 0.1) is 6.92 Å². The monoisotopic (exact) mass is 194 g/mol. The lowest BCUT2D eigenvalue weighted by Crippen LogP contribution is -2.22. The summed E-state index contributed by atoms with van der Waals surface area (Å²) in [7, 11) is 0. The highest BCUT2D eigenvalue weighted by Crippen LogP contribution is 2.19. The first-order chi connectivity index (χ1) is 7.15. The molecule has 15 heavy (non-hydrogen) atoms. The SMILES string of the molecule is C=Cc1c(C)ccc2ccc(=C)c(=C)c12. The van der Waals surface area contributed by atoms with Crippen molar-refractivity contribution in [1.29, 1.82) is 0 Å². The van der Waals surface area contributed by atoms with Gasteiger partial charge in [0.1, 0.15) is 0 Å². The van der Waals surface area contributed by atoms with E-state index in [-0.39, 0.29) is 0 Å². The van der Waals surface area contributed by atoms with Crippen LogP contribution in [0.4, 0.5) is 0 Å². The van der Waals surface area contributed by atoms with E-state index in [1.807, 2.05) is 12.1 Å². The number of rotatable bonds is 1. The summed E-state index contributed by atoms with van der Waals surface area (Å²) in [6.07, 6.45) is 1.89. The summed E-state index contributed by atoms with van der Waals surface area (Å²) in [5.41, 5.74) is 2.40. The summed E-state index contributed by atoms with van der Waals surface area (Å²) < 4.78 is 0. The average Bonchev–Trinajstić information content (AvgIpc) is 2.24. The van der Waals surface area contributed by atoms with E-state index in [2.05, 4.69) is 44.9 Å². The molecule has 74 valence electrons. The zero-order valence-electron chi connectivity index (χ0n) is 9.01. The molecule has 0 aliphatic carbocycles. The van der Waals surface area contributed by atoms with Crippen molar-refractivity contribution in [2.45, 2.75) is 6.92 Å². The van der Waals surface area contributed by atoms with Crippen LogP contribution in [0.5, 0.6) is 0 Å². The maximum atomic E-state index is 4.09. The zero-order chi connectivity index (χ0) is 11.0. The van der Waals surface area contributed by atoms with Crippen molar-refractivity contribution in [3.63, 3.8) is 0 Å². The third-order valence-corrected chi connectivity index (χ3v) is 2.85. The molecule has 0 unspecified atom stereocenters. The molecule has 0 aliphatic rings. The minimum atomic E-state index is 0.983. The molecule has 0 N–H and O–H groups in total. The molecule has 0 saturated carbocycles. The molecule has 0 saturated heterocycles. The number of aryl methyl sites for hydroxylation is 1. The van der Waals surface area contributed by atoms with E-state index in [1.165, 1.54) is 21.9 Å². The van der Waals surface area contributed by atoms with E-state index in [9.17, 15) is 0 Å². The Morgan fingerprint density at radius 2 is 1.73 bits per heavy atom. The van der Waals surface area contributed by atoms with Crippen LogP contribution in [0.15, 0.2) is 30.8 Å². The van der Waals surface area contributed by atoms with Gasteiger partial charge in [-0.05, 0) is 39.3 Å². The molecule has 0 bridgehead atoms. The van der Waals surface area contributed by atoms with Crippen LogP contribution < -0.4 is 10.4 Å². The largest absolute Gasteiger partial charge is 0.0984 e. The zero-order valence-corrected chi connectivity index (χ0v) is 9.01. The Hall–Kier alpha value is -1.82. The molecule has 0 amide bonds. The lowest BCUT2D eigenvalue weighted by Gasteiger charge is -2.06. The summed E-state index contributed by atoms with van der Waals surface area (Å²) >= 11 is 0. The Morgan fingerprint density at radius 3 is 2.40 bits per heavy atom. The lowest BCUT2D eigenvalue weighted by atomic mass is 9.98. The predicted molar refractivity (Wildman–Crippen MR) is 69.1 cm³/mol. The quantitative estimate of drug-likeness (QED) is 0.654. The summed E-state index contributed by atoms with van der Waals surface area (Å²) in [5, 5.41) is 4.37. The van der Waals surface area contributed by atoms with Gasteiger partial charge in [-0.1, -0.05) is 50.1 Å². The number of hydrogen-bond acceptors (Lipinski definition) is 0. The van der Waals surface area contributed by atoms with Crippen LogP contribution in [0.2, 0.25) is 0 Å². The Morgan fingerprint density at radius 1 is 1.07 bits per heavy atom. The Labute approximate surface area is 89.9 Å². The molecule has 0 heteroatoms. The Balaban J connectivity index is 3.15. The topological polar surface area (TPSA) is 0 Å². The van der Waals surface area contributed by atoms with Crippen molar-refractivity contribution in [1.82, 2.24) is 0 Å². The molecule has 0 fully saturated rings. The van der Waals surface area contributed by atoms with Crippen molar-refractivity contribution in [2.75, 3.05) is 0 Å². The van der Waals surface area contributed by atoms with Crippen molar-refractivity contribution < 1.29 is 0 Å². The Bertz CT molecular complexity index is 633. The van der Waals surface area contributed by atoms with E-state index in [1.54, 1.807) is 0 Å². The van der Waals surface area contributed by atoms with Gasteiger partial charge >= 0.3 is 0 Å². The van der Waals surface area contributed by atoms with E-state index in [0.717, 1.165) is 10.4 Å². The molecule has 0 atom stereocenters. The molecule has 2 aromatic carbocycles. The molecule has 0 nitrogen and oxygen atoms in total. The lowest BCUT2D eigenvalue weighted by molar-refractivity contribution is 1.46. The normalized spacial score (nSPS) is 10.5. The van der Waals surface area contributed by atoms with Crippen molar-refractivity contribution in [3.8, 4) is 0 Å². The van der Waals surface area contributed by atoms with Gasteiger partial charge in [-0.25, -0.2) is 0 Å². The van der Waals surface area contributed by atoms with Gasteiger partial charge in [-0.3, -0.25) is 0 Å². The van der Waals surface area contributed by atoms with Crippen LogP contribution in [0.3, 0.4) is 0 Å². The third kappa shape index (κ3) is 1.39. The molecule has 0 radical (unpaired) electrons. The van der Waals surface area contributed by atoms with E-state index in [0.29, 0.717) is 0 Å². The molecule has 2 rings (SSSR count). The average molecular weight is 194 g/mol. The van der Waals surface area contributed by atoms with Crippen LogP contribution >= 0.6 is 0 Å². The standard InChI is InChI=1S/C15H14/c1-5-14-11(3)7-9-13-8-6-10(2)12(4)15(13)14/h5-9H,1-2,4H2,3H3. The van der Waals surface area contributed by atoms with Gasteiger partial charge in [0.05, 0.1) is 0 Å². The Kier molecular flexibility index (Phi) is 2.20. The second kappa shape index (κ2) is 3.39. The smallest absolute Gasteiger partial charge is 0.00366 e. The second-order valence-corrected chi connectivity index (χ2v) is 3.80. The van der Waals surface area contributed by atoms with Gasteiger partial charge < -0.3 is 0 Å². The third-order valence-electron chi connectivity index (χ3n) is 2.85. The molecule has 0 spiro atoms. The van der Waals surface area contributed by atoms with Crippen LogP contribution in [0.1, 0.15) is 11.1 Å². The molecular weight excluding hydrogens is 180 g/mol. The van der Waals surface area contributed by atoms with Gasteiger partial charge in [0.15, 0.2) is 0 Å². The second-order valence-electron chi connectivity index (χ2n) is 3.80. The summed E-state index contributed by atoms with van der Waals surface area (Å²) in [5.74, 6) is 0. The van der Waals surface area contributed by atoms with Gasteiger partial charge in [0.2, 0.25) is 0 Å². The fourth-order valence-electron chi connectivity index (χ4n) is 1.93. The molecule has 0 heterocycles. The predicted octanol–water partition coefficient (Wildman–Crippen LogP) is 2.61. The first-order valence-corrected chi connectivity index (χ1v) is 4.98. The molecule has 0 aromatic heterocycles. The van der Waals surface area contributed by atoms with Gasteiger partial charge in [-0.2, -0.15) is 0 Å². The van der Waals surface area contributed by atoms with Gasteiger partial charge in [0.25, 0.3) is 0 Å². The highest BCUT2D eigenvalue weighted by atomic mass is 14.1. The number of benzene rings is 2. The maximum absolute atomic E-state index is 4.09. The van der Waals surface area contributed by atoms with Gasteiger partial charge in [-0.15, -0.1) is 0 Å². The minimum Gasteiger partial charge on any atom is -0.0984 e. The van der Waals surface area contributed by atoms with E-state index >= 15 is 0 Å². The first kappa shape index (κ1) is 9.72. The number of hydrogen-bond donors (Lipinski definition) is 0. The summed E-state index contributed by atoms with van der Waals surface area (Å²) in [6.45, 7) is 14.0. The van der Waals surface area contributed by atoms with E-state index < -0.39 is 0 Å². The van der Waals surface area contributed by atoms with E-state index in [4.69, 9.17) is 0 Å². The van der Waals surface area contributed by atoms with Crippen LogP contribution in [-0.4, -0.2) is 0 Å². The molecular formula is C15H14. The summed E-state index contributed by atoms with van der Waals surface area (Å²) in [6, 6.07) is 8.32. The fourth-order valence-corrected chi connectivity index (χ4v) is 1.93. The summed E-state index contributed by atoms with van der Waals surface area (Å²) in [4.78, 5) is 0. The van der Waals surface area contributed by atoms with Crippen molar-refractivity contribution in [3.05, 3.63) is 52.4 Å². The fraction of sp³-hybridized carbons (Fsp3) is 0.0667. The number of fused-ring (bicyclic) bond motifs is 1. The first-order valence-electron chi connectivity index (χ1n) is 4.98. The minimum absolute atomic E-state index is 0.983. The molecule has 0 aliphatic heterocycles. The molecule has 2 aromatic rings. The van der Waals surface area contributed by atoms with Gasteiger partial charge in [0, 0.05) is 0 Å². The van der Waals surface area contributed by atoms with Crippen LogP contribution in [0.25, 0.3) is 30.0 Å². The highest BCUT2D eigenvalue weighted by Gasteiger charge is 2.02. The maximum Gasteiger partial charge on any atom is -0.00366 e.